The SMILES string of the molecule is [2H]CC([2H])C([2H])CCCCCCCCC. The van der Waals surface area contributed by atoms with E-state index in [1.807, 2.05) is 0 Å². The van der Waals surface area contributed by atoms with Crippen molar-refractivity contribution < 1.29 is 4.11 Å². The lowest BCUT2D eigenvalue weighted by atomic mass is 10.1. The molecular formula is C12H26. The molecule has 0 aromatic carbocycles. The van der Waals surface area contributed by atoms with Crippen LogP contribution in [0, 0.1) is 0 Å². The van der Waals surface area contributed by atoms with Crippen LogP contribution in [0.4, 0.5) is 0 Å². The van der Waals surface area contributed by atoms with Gasteiger partial charge in [-0.2, -0.15) is 0 Å². The van der Waals surface area contributed by atoms with Gasteiger partial charge in [-0.3, -0.25) is 0 Å². The van der Waals surface area contributed by atoms with Crippen LogP contribution in [0.1, 0.15) is 82.1 Å². The van der Waals surface area contributed by atoms with E-state index >= 15 is 0 Å². The minimum absolute atomic E-state index is 0.0741. The Kier molecular flexibility index (Phi) is 6.79. The monoisotopic (exact) mass is 173 g/mol. The van der Waals surface area contributed by atoms with Gasteiger partial charge in [-0.15, -0.1) is 0 Å². The van der Waals surface area contributed by atoms with Gasteiger partial charge >= 0.3 is 0 Å². The molecule has 0 fully saturated rings. The predicted molar refractivity (Wildman–Crippen MR) is 57.5 cm³/mol. The van der Waals surface area contributed by atoms with Crippen LogP contribution in [0.5, 0.6) is 0 Å². The first-order valence-electron chi connectivity index (χ1n) is 7.22. The van der Waals surface area contributed by atoms with Gasteiger partial charge < -0.3 is 0 Å². The van der Waals surface area contributed by atoms with Crippen molar-refractivity contribution >= 4 is 0 Å². The van der Waals surface area contributed by atoms with Crippen molar-refractivity contribution in [3.63, 3.8) is 0 Å². The molecule has 74 valence electrons. The number of hydrogen-bond donors (Lipinski definition) is 0. The van der Waals surface area contributed by atoms with Crippen LogP contribution in [0.2, 0.25) is 0 Å². The zero-order chi connectivity index (χ0) is 11.5. The van der Waals surface area contributed by atoms with Crippen LogP contribution in [0.15, 0.2) is 0 Å². The maximum absolute atomic E-state index is 7.62. The normalized spacial score (nSPS) is 19.2. The van der Waals surface area contributed by atoms with E-state index in [0.29, 0.717) is 0 Å². The fourth-order valence-electron chi connectivity index (χ4n) is 1.34. The summed E-state index contributed by atoms with van der Waals surface area (Å²) < 4.78 is 22.1. The summed E-state index contributed by atoms with van der Waals surface area (Å²) in [6, 6.07) is 0. The molecule has 0 N–H and O–H groups in total. The maximum atomic E-state index is 7.62. The van der Waals surface area contributed by atoms with Gasteiger partial charge in [-0.25, -0.2) is 0 Å². The Hall–Kier alpha value is 0. The first kappa shape index (κ1) is 7.41. The fourth-order valence-corrected chi connectivity index (χ4v) is 1.34. The average molecular weight is 173 g/mol. The van der Waals surface area contributed by atoms with Crippen molar-refractivity contribution in [1.29, 1.82) is 0 Å². The molecular weight excluding hydrogens is 144 g/mol. The van der Waals surface area contributed by atoms with Crippen LogP contribution in [-0.4, -0.2) is 0 Å². The molecule has 0 saturated heterocycles. The molecule has 2 unspecified atom stereocenters. The third kappa shape index (κ3) is 10.0. The third-order valence-corrected chi connectivity index (χ3v) is 2.14. The minimum atomic E-state index is -0.495. The predicted octanol–water partition coefficient (Wildman–Crippen LogP) is 4.93. The number of rotatable bonds is 9. The van der Waals surface area contributed by atoms with Gasteiger partial charge in [0.2, 0.25) is 0 Å². The highest BCUT2D eigenvalue weighted by molar-refractivity contribution is 4.45. The molecule has 0 aromatic heterocycles. The van der Waals surface area contributed by atoms with Gasteiger partial charge in [0.15, 0.2) is 0 Å². The number of hydrogen-bond acceptors (Lipinski definition) is 0. The van der Waals surface area contributed by atoms with Crippen LogP contribution in [0.3, 0.4) is 0 Å². The third-order valence-electron chi connectivity index (χ3n) is 2.14. The lowest BCUT2D eigenvalue weighted by molar-refractivity contribution is 0.562. The second-order valence-electron chi connectivity index (χ2n) is 3.38. The Morgan fingerprint density at radius 3 is 2.08 bits per heavy atom. The largest absolute Gasteiger partial charge is 0.0654 e. The van der Waals surface area contributed by atoms with Crippen LogP contribution < -0.4 is 0 Å². The van der Waals surface area contributed by atoms with Crippen LogP contribution in [-0.2, 0) is 0 Å². The van der Waals surface area contributed by atoms with Crippen molar-refractivity contribution in [3.05, 3.63) is 0 Å². The van der Waals surface area contributed by atoms with Crippen LogP contribution in [0.25, 0.3) is 0 Å². The van der Waals surface area contributed by atoms with Gasteiger partial charge in [-0.1, -0.05) is 78.0 Å². The van der Waals surface area contributed by atoms with E-state index in [-0.39, 0.29) is 13.3 Å². The van der Waals surface area contributed by atoms with Crippen molar-refractivity contribution in [2.45, 2.75) is 78.0 Å². The molecule has 0 nitrogen and oxygen atoms in total. The highest BCUT2D eigenvalue weighted by atomic mass is 14.0. The molecule has 0 spiro atoms. The van der Waals surface area contributed by atoms with E-state index in [2.05, 4.69) is 6.92 Å². The minimum Gasteiger partial charge on any atom is -0.0654 e. The summed E-state index contributed by atoms with van der Waals surface area (Å²) in [5.74, 6) is 0. The topological polar surface area (TPSA) is 0 Å². The summed E-state index contributed by atoms with van der Waals surface area (Å²) in [4.78, 5) is 0. The van der Waals surface area contributed by atoms with Crippen molar-refractivity contribution in [3.8, 4) is 0 Å². The first-order chi connectivity index (χ1) is 7.22. The summed E-state index contributed by atoms with van der Waals surface area (Å²) in [5.41, 5.74) is 0. The molecule has 0 rings (SSSR count). The van der Waals surface area contributed by atoms with Gasteiger partial charge in [0.05, 0.1) is 0 Å². The lowest BCUT2D eigenvalue weighted by Gasteiger charge is -1.99. The maximum Gasteiger partial charge on any atom is 0.0266 e. The molecule has 2 atom stereocenters. The van der Waals surface area contributed by atoms with Gasteiger partial charge in [0.1, 0.15) is 0 Å². The van der Waals surface area contributed by atoms with Gasteiger partial charge in [0.25, 0.3) is 0 Å². The zero-order valence-electron chi connectivity index (χ0n) is 11.5. The van der Waals surface area contributed by atoms with E-state index in [4.69, 9.17) is 4.11 Å². The highest BCUT2D eigenvalue weighted by Crippen LogP contribution is 2.09. The fraction of sp³-hybridized carbons (Fsp3) is 1.00. The van der Waals surface area contributed by atoms with Crippen molar-refractivity contribution in [2.75, 3.05) is 0 Å². The summed E-state index contributed by atoms with van der Waals surface area (Å²) in [6.07, 6.45) is 8.81. The van der Waals surface area contributed by atoms with E-state index in [0.717, 1.165) is 12.8 Å². The Labute approximate surface area is 83.0 Å². The molecule has 0 aliphatic rings. The van der Waals surface area contributed by atoms with Crippen molar-refractivity contribution in [2.24, 2.45) is 0 Å². The standard InChI is InChI=1S/C12H26/c1-3-5-7-9-11-12-10-8-6-4-2/h3-12H2,1-2H3/i1D,3D,5D. The van der Waals surface area contributed by atoms with Gasteiger partial charge in [0, 0.05) is 4.11 Å². The molecule has 0 aliphatic carbocycles. The van der Waals surface area contributed by atoms with Crippen LogP contribution >= 0.6 is 0 Å². The highest BCUT2D eigenvalue weighted by Gasteiger charge is 1.90. The Morgan fingerprint density at radius 2 is 1.50 bits per heavy atom. The Balaban J connectivity index is 3.16. The summed E-state index contributed by atoms with van der Waals surface area (Å²) in [5, 5.41) is 0. The molecule has 0 heterocycles. The molecule has 0 amide bonds. The Morgan fingerprint density at radius 1 is 0.917 bits per heavy atom. The van der Waals surface area contributed by atoms with Crippen molar-refractivity contribution in [1.82, 2.24) is 0 Å². The van der Waals surface area contributed by atoms with Gasteiger partial charge in [-0.05, 0) is 0 Å². The summed E-state index contributed by atoms with van der Waals surface area (Å²) in [6.45, 7) is 2.30. The summed E-state index contributed by atoms with van der Waals surface area (Å²) in [7, 11) is 0. The quantitative estimate of drug-likeness (QED) is 0.434. The molecule has 0 bridgehead atoms. The second kappa shape index (κ2) is 11.0. The average Bonchev–Trinajstić information content (AvgIpc) is 2.26. The molecule has 0 aromatic rings. The van der Waals surface area contributed by atoms with E-state index in [1.165, 1.54) is 38.5 Å². The smallest absolute Gasteiger partial charge is 0.0266 e. The zero-order valence-corrected chi connectivity index (χ0v) is 8.52. The molecule has 0 radical (unpaired) electrons. The molecule has 0 aliphatic heterocycles. The molecule has 12 heavy (non-hydrogen) atoms. The van der Waals surface area contributed by atoms with E-state index in [1.54, 1.807) is 0 Å². The van der Waals surface area contributed by atoms with E-state index in [9.17, 15) is 0 Å². The number of unbranched alkanes of at least 4 members (excludes halogenated alkanes) is 6. The van der Waals surface area contributed by atoms with E-state index < -0.39 is 6.40 Å². The summed E-state index contributed by atoms with van der Waals surface area (Å²) >= 11 is 0. The molecule has 0 heteroatoms. The first-order valence-corrected chi connectivity index (χ1v) is 5.36. The lowest BCUT2D eigenvalue weighted by Crippen LogP contribution is -1.80. The Bertz CT molecular complexity index is 128. The second-order valence-corrected chi connectivity index (χ2v) is 3.38. The molecule has 0 saturated carbocycles.